The van der Waals surface area contributed by atoms with Crippen LogP contribution in [0.5, 0.6) is 0 Å². The minimum atomic E-state index is -0.451. The Kier molecular flexibility index (Phi) is 2.73. The van der Waals surface area contributed by atoms with E-state index in [2.05, 4.69) is 5.10 Å². The van der Waals surface area contributed by atoms with Gasteiger partial charge in [-0.05, 0) is 26.8 Å². The Balaban J connectivity index is 1.87. The molecule has 2 rings (SSSR count). The van der Waals surface area contributed by atoms with Crippen LogP contribution in [0.3, 0.4) is 0 Å². The summed E-state index contributed by atoms with van der Waals surface area (Å²) >= 11 is 0. The van der Waals surface area contributed by atoms with Crippen molar-refractivity contribution in [1.29, 1.82) is 0 Å². The van der Waals surface area contributed by atoms with Crippen LogP contribution in [0.1, 0.15) is 26.8 Å². The number of rotatable bonds is 1. The largest absolute Gasteiger partial charge is 0.444 e. The predicted octanol–water partition coefficient (Wildman–Crippen LogP) is 1.26. The van der Waals surface area contributed by atoms with Crippen molar-refractivity contribution < 1.29 is 9.53 Å². The van der Waals surface area contributed by atoms with Crippen LogP contribution in [0.2, 0.25) is 0 Å². The predicted molar refractivity (Wildman–Crippen MR) is 63.5 cm³/mol. The van der Waals surface area contributed by atoms with E-state index in [0.717, 1.165) is 0 Å². The highest BCUT2D eigenvalue weighted by atomic mass is 16.6. The number of likely N-dealkylation sites (tertiary alicyclic amines) is 1. The van der Waals surface area contributed by atoms with Gasteiger partial charge in [0, 0.05) is 13.1 Å². The van der Waals surface area contributed by atoms with E-state index in [0.29, 0.717) is 18.9 Å². The van der Waals surface area contributed by atoms with E-state index in [4.69, 9.17) is 10.5 Å². The van der Waals surface area contributed by atoms with Gasteiger partial charge in [0.15, 0.2) is 0 Å². The molecule has 0 unspecified atom stereocenters. The van der Waals surface area contributed by atoms with E-state index >= 15 is 0 Å². The van der Waals surface area contributed by atoms with Gasteiger partial charge >= 0.3 is 6.09 Å². The second-order valence-electron chi connectivity index (χ2n) is 5.24. The van der Waals surface area contributed by atoms with Crippen LogP contribution < -0.4 is 5.73 Å². The van der Waals surface area contributed by atoms with Crippen LogP contribution in [0.4, 0.5) is 10.6 Å². The maximum atomic E-state index is 11.7. The highest BCUT2D eigenvalue weighted by Crippen LogP contribution is 2.24. The molecule has 0 radical (unpaired) electrons. The lowest BCUT2D eigenvalue weighted by Gasteiger charge is -2.39. The molecular weight excluding hydrogens is 220 g/mol. The number of carbonyl (C=O) groups is 1. The molecule has 1 aliphatic heterocycles. The van der Waals surface area contributed by atoms with Gasteiger partial charge in [-0.1, -0.05) is 0 Å². The number of hydrogen-bond donors (Lipinski definition) is 1. The zero-order valence-corrected chi connectivity index (χ0v) is 10.4. The summed E-state index contributed by atoms with van der Waals surface area (Å²) in [5, 5.41) is 4.12. The summed E-state index contributed by atoms with van der Waals surface area (Å²) in [7, 11) is 0. The first kappa shape index (κ1) is 11.8. The number of amides is 1. The fraction of sp³-hybridized carbons (Fsp3) is 0.636. The fourth-order valence-corrected chi connectivity index (χ4v) is 1.72. The molecule has 0 aliphatic carbocycles. The standard InChI is InChI=1S/C11H18N4O2/c1-11(2,3)17-10(16)14-6-8(7-14)15-9(12)4-5-13-15/h4-5,8H,6-7,12H2,1-3H3. The average molecular weight is 238 g/mol. The third-order valence-electron chi connectivity index (χ3n) is 2.56. The topological polar surface area (TPSA) is 73.4 Å². The van der Waals surface area contributed by atoms with E-state index < -0.39 is 5.60 Å². The Morgan fingerprint density at radius 1 is 1.53 bits per heavy atom. The van der Waals surface area contributed by atoms with E-state index in [9.17, 15) is 4.79 Å². The summed E-state index contributed by atoms with van der Waals surface area (Å²) in [6.45, 7) is 6.76. The number of hydrogen-bond acceptors (Lipinski definition) is 4. The lowest BCUT2D eigenvalue weighted by molar-refractivity contribution is -0.000113. The average Bonchev–Trinajstić information content (AvgIpc) is 2.46. The molecule has 0 saturated carbocycles. The van der Waals surface area contributed by atoms with Crippen LogP contribution in [-0.4, -0.2) is 39.5 Å². The Hall–Kier alpha value is -1.72. The quantitative estimate of drug-likeness (QED) is 0.799. The first-order chi connectivity index (χ1) is 7.87. The van der Waals surface area contributed by atoms with Crippen LogP contribution >= 0.6 is 0 Å². The minimum absolute atomic E-state index is 0.164. The number of nitrogens with zero attached hydrogens (tertiary/aromatic N) is 3. The number of anilines is 1. The van der Waals surface area contributed by atoms with Gasteiger partial charge in [0.1, 0.15) is 11.4 Å². The maximum Gasteiger partial charge on any atom is 0.410 e. The molecule has 2 N–H and O–H groups in total. The lowest BCUT2D eigenvalue weighted by atomic mass is 10.1. The number of carbonyl (C=O) groups excluding carboxylic acids is 1. The molecule has 6 heteroatoms. The molecule has 1 aromatic heterocycles. The van der Waals surface area contributed by atoms with Gasteiger partial charge in [0.25, 0.3) is 0 Å². The Labute approximate surface area is 100 Å². The second kappa shape index (κ2) is 3.94. The zero-order valence-electron chi connectivity index (χ0n) is 10.4. The molecular formula is C11H18N4O2. The van der Waals surface area contributed by atoms with Gasteiger partial charge in [0.05, 0.1) is 12.2 Å². The summed E-state index contributed by atoms with van der Waals surface area (Å²) in [5.74, 6) is 0.624. The van der Waals surface area contributed by atoms with Crippen LogP contribution in [0.25, 0.3) is 0 Å². The Bertz CT molecular complexity index is 415. The maximum absolute atomic E-state index is 11.7. The highest BCUT2D eigenvalue weighted by Gasteiger charge is 2.35. The van der Waals surface area contributed by atoms with Crippen molar-refractivity contribution in [3.63, 3.8) is 0 Å². The van der Waals surface area contributed by atoms with E-state index in [1.807, 2.05) is 20.8 Å². The number of nitrogens with two attached hydrogens (primary N) is 1. The first-order valence-electron chi connectivity index (χ1n) is 5.64. The molecule has 17 heavy (non-hydrogen) atoms. The zero-order chi connectivity index (χ0) is 12.6. The van der Waals surface area contributed by atoms with Crippen molar-refractivity contribution >= 4 is 11.9 Å². The molecule has 0 atom stereocenters. The monoisotopic (exact) mass is 238 g/mol. The minimum Gasteiger partial charge on any atom is -0.444 e. The molecule has 0 aromatic carbocycles. The normalized spacial score (nSPS) is 16.8. The third kappa shape index (κ3) is 2.51. The Morgan fingerprint density at radius 2 is 2.18 bits per heavy atom. The van der Waals surface area contributed by atoms with E-state index in [-0.39, 0.29) is 12.1 Å². The van der Waals surface area contributed by atoms with E-state index in [1.54, 1.807) is 21.8 Å². The van der Waals surface area contributed by atoms with Crippen molar-refractivity contribution in [3.8, 4) is 0 Å². The molecule has 94 valence electrons. The fourth-order valence-electron chi connectivity index (χ4n) is 1.72. The van der Waals surface area contributed by atoms with Gasteiger partial charge in [-0.2, -0.15) is 5.10 Å². The van der Waals surface area contributed by atoms with E-state index in [1.165, 1.54) is 0 Å². The smallest absolute Gasteiger partial charge is 0.410 e. The number of aromatic nitrogens is 2. The summed E-state index contributed by atoms with van der Waals surface area (Å²) in [6.07, 6.45) is 1.38. The summed E-state index contributed by atoms with van der Waals surface area (Å²) in [6, 6.07) is 1.91. The van der Waals surface area contributed by atoms with Gasteiger partial charge in [-0.15, -0.1) is 0 Å². The molecule has 6 nitrogen and oxygen atoms in total. The van der Waals surface area contributed by atoms with Crippen molar-refractivity contribution in [3.05, 3.63) is 12.3 Å². The molecule has 1 saturated heterocycles. The number of nitrogen functional groups attached to an aromatic ring is 1. The van der Waals surface area contributed by atoms with Crippen LogP contribution in [0.15, 0.2) is 12.3 Å². The van der Waals surface area contributed by atoms with Gasteiger partial charge in [0.2, 0.25) is 0 Å². The van der Waals surface area contributed by atoms with Crippen molar-refractivity contribution in [2.24, 2.45) is 0 Å². The molecule has 1 fully saturated rings. The lowest BCUT2D eigenvalue weighted by Crippen LogP contribution is -2.52. The molecule has 0 bridgehead atoms. The second-order valence-corrected chi connectivity index (χ2v) is 5.24. The van der Waals surface area contributed by atoms with Crippen molar-refractivity contribution in [2.45, 2.75) is 32.4 Å². The first-order valence-corrected chi connectivity index (χ1v) is 5.64. The van der Waals surface area contributed by atoms with Crippen LogP contribution in [0, 0.1) is 0 Å². The van der Waals surface area contributed by atoms with Crippen LogP contribution in [-0.2, 0) is 4.74 Å². The SMILES string of the molecule is CC(C)(C)OC(=O)N1CC(n2nccc2N)C1. The van der Waals surface area contributed by atoms with Crippen molar-refractivity contribution in [1.82, 2.24) is 14.7 Å². The highest BCUT2D eigenvalue weighted by molar-refractivity contribution is 5.69. The summed E-state index contributed by atoms with van der Waals surface area (Å²) in [5.41, 5.74) is 5.29. The van der Waals surface area contributed by atoms with Gasteiger partial charge in [-0.3, -0.25) is 0 Å². The Morgan fingerprint density at radius 3 is 2.65 bits per heavy atom. The number of ether oxygens (including phenoxy) is 1. The van der Waals surface area contributed by atoms with Gasteiger partial charge < -0.3 is 15.4 Å². The summed E-state index contributed by atoms with van der Waals surface area (Å²) < 4.78 is 7.00. The third-order valence-corrected chi connectivity index (χ3v) is 2.56. The molecule has 1 amide bonds. The summed E-state index contributed by atoms with van der Waals surface area (Å²) in [4.78, 5) is 13.3. The molecule has 1 aromatic rings. The molecule has 2 heterocycles. The molecule has 0 spiro atoms. The molecule has 1 aliphatic rings. The van der Waals surface area contributed by atoms with Crippen molar-refractivity contribution in [2.75, 3.05) is 18.8 Å². The van der Waals surface area contributed by atoms with Gasteiger partial charge in [-0.25, -0.2) is 9.48 Å².